The maximum absolute atomic E-state index is 14.1. The van der Waals surface area contributed by atoms with Crippen LogP contribution < -0.4 is 31.1 Å². The van der Waals surface area contributed by atoms with Gasteiger partial charge in [-0.1, -0.05) is 62.1 Å². The summed E-state index contributed by atoms with van der Waals surface area (Å²) in [4.78, 5) is 39.2. The molecule has 1 saturated carbocycles. The van der Waals surface area contributed by atoms with Crippen molar-refractivity contribution < 1.29 is 37.5 Å². The van der Waals surface area contributed by atoms with E-state index < -0.39 is 25.6 Å². The third kappa shape index (κ3) is 10.9. The van der Waals surface area contributed by atoms with Gasteiger partial charge in [0, 0.05) is 13.3 Å². The number of nitrogens with one attached hydrogen (secondary N) is 2. The summed E-state index contributed by atoms with van der Waals surface area (Å²) in [7, 11) is -3.81. The summed E-state index contributed by atoms with van der Waals surface area (Å²) in [5.74, 6) is -0.0561. The predicted molar refractivity (Wildman–Crippen MR) is 204 cm³/mol. The molecule has 3 amide bonds. The number of fused-ring (bicyclic) bond motifs is 1. The second-order valence-electron chi connectivity index (χ2n) is 13.9. The first-order valence-electron chi connectivity index (χ1n) is 19.0. The zero-order chi connectivity index (χ0) is 37.8. The molecular weight excluding hydrogens is 693 g/mol. The van der Waals surface area contributed by atoms with Gasteiger partial charge in [-0.05, 0) is 98.4 Å². The average molecular weight is 748 g/mol. The van der Waals surface area contributed by atoms with Crippen LogP contribution in [0.5, 0.6) is 11.5 Å². The van der Waals surface area contributed by atoms with Crippen LogP contribution in [0.4, 0.5) is 0 Å². The van der Waals surface area contributed by atoms with Gasteiger partial charge < -0.3 is 34.9 Å². The predicted octanol–water partition coefficient (Wildman–Crippen LogP) is 6.85. The van der Waals surface area contributed by atoms with E-state index in [1.54, 1.807) is 38.1 Å². The van der Waals surface area contributed by atoms with Crippen molar-refractivity contribution in [2.75, 3.05) is 19.8 Å². The van der Waals surface area contributed by atoms with Crippen molar-refractivity contribution in [2.45, 2.75) is 104 Å². The van der Waals surface area contributed by atoms with Gasteiger partial charge in [0.15, 0.2) is 0 Å². The Hall–Kier alpha value is -4.18. The fourth-order valence-electron chi connectivity index (χ4n) is 7.26. The molecule has 0 spiro atoms. The first kappa shape index (κ1) is 40.0. The Balaban J connectivity index is 1.40. The van der Waals surface area contributed by atoms with Crippen molar-refractivity contribution >= 4 is 30.6 Å². The minimum absolute atomic E-state index is 0.0929. The number of primary amides is 1. The molecule has 3 aromatic carbocycles. The number of carbonyl (C=O) groups is 3. The second kappa shape index (κ2) is 19.2. The highest BCUT2D eigenvalue weighted by atomic mass is 31.2. The Kier molecular flexibility index (Phi) is 14.5. The van der Waals surface area contributed by atoms with Crippen molar-refractivity contribution in [2.24, 2.45) is 11.7 Å². The van der Waals surface area contributed by atoms with Crippen molar-refractivity contribution in [3.63, 3.8) is 0 Å². The van der Waals surface area contributed by atoms with Crippen molar-refractivity contribution in [1.82, 2.24) is 10.6 Å². The molecule has 4 N–H and O–H groups in total. The average Bonchev–Trinajstić information content (AvgIpc) is 3.34. The van der Waals surface area contributed by atoms with Crippen molar-refractivity contribution in [1.29, 1.82) is 0 Å². The monoisotopic (exact) mass is 747 g/mol. The van der Waals surface area contributed by atoms with Crippen LogP contribution in [0.25, 0.3) is 0 Å². The third-order valence-corrected chi connectivity index (χ3v) is 12.0. The van der Waals surface area contributed by atoms with Gasteiger partial charge >= 0.3 is 7.60 Å². The Labute approximate surface area is 313 Å². The quantitative estimate of drug-likeness (QED) is 0.100. The molecule has 2 atom stereocenters. The summed E-state index contributed by atoms with van der Waals surface area (Å²) in [6.45, 7) is 5.90. The third-order valence-electron chi connectivity index (χ3n) is 9.87. The summed E-state index contributed by atoms with van der Waals surface area (Å²) in [5, 5.41) is 6.22. The molecule has 5 rings (SSSR count). The molecule has 0 unspecified atom stereocenters. The highest BCUT2D eigenvalue weighted by molar-refractivity contribution is 7.62. The molecule has 0 radical (unpaired) electrons. The molecule has 2 aliphatic rings. The minimum Gasteiger partial charge on any atom is -0.492 e. The van der Waals surface area contributed by atoms with E-state index in [0.29, 0.717) is 41.6 Å². The van der Waals surface area contributed by atoms with Crippen LogP contribution in [-0.2, 0) is 42.7 Å². The summed E-state index contributed by atoms with van der Waals surface area (Å²) >= 11 is 0. The Morgan fingerprint density at radius 1 is 0.849 bits per heavy atom. The SMILES string of the molecule is CCOP(=O)(OCC)c1cc(C[C@H](NC(C)=O)C(=O)N[C@H]2CCCCc3cc(OCC4CCCCC4)c(C(N)=O)cc32)ccc1OCc1ccccc1. The highest BCUT2D eigenvalue weighted by Gasteiger charge is 2.33. The van der Waals surface area contributed by atoms with Gasteiger partial charge in [-0.15, -0.1) is 0 Å². The van der Waals surface area contributed by atoms with Gasteiger partial charge in [-0.3, -0.25) is 18.9 Å². The van der Waals surface area contributed by atoms with Crippen LogP contribution >= 0.6 is 7.60 Å². The molecule has 286 valence electrons. The van der Waals surface area contributed by atoms with Gasteiger partial charge in [-0.25, -0.2) is 0 Å². The molecule has 0 bridgehead atoms. The number of carbonyl (C=O) groups excluding carboxylic acids is 3. The molecule has 0 aromatic heterocycles. The molecule has 0 aliphatic heterocycles. The summed E-state index contributed by atoms with van der Waals surface area (Å²) < 4.78 is 37.9. The molecule has 2 aliphatic carbocycles. The number of hydrogen-bond donors (Lipinski definition) is 3. The number of nitrogens with two attached hydrogens (primary N) is 1. The van der Waals surface area contributed by atoms with Gasteiger partial charge in [-0.2, -0.15) is 0 Å². The van der Waals surface area contributed by atoms with E-state index in [4.69, 9.17) is 24.3 Å². The van der Waals surface area contributed by atoms with Gasteiger partial charge in [0.2, 0.25) is 11.8 Å². The molecule has 3 aromatic rings. The zero-order valence-electron chi connectivity index (χ0n) is 31.2. The van der Waals surface area contributed by atoms with Crippen LogP contribution in [0.15, 0.2) is 60.7 Å². The molecular formula is C41H54N3O8P. The van der Waals surface area contributed by atoms with Crippen molar-refractivity contribution in [3.8, 4) is 11.5 Å². The van der Waals surface area contributed by atoms with E-state index in [9.17, 15) is 18.9 Å². The largest absolute Gasteiger partial charge is 0.492 e. The number of benzene rings is 3. The van der Waals surface area contributed by atoms with Crippen LogP contribution in [-0.4, -0.2) is 43.6 Å². The van der Waals surface area contributed by atoms with E-state index >= 15 is 0 Å². The first-order chi connectivity index (χ1) is 25.6. The maximum atomic E-state index is 14.1. The molecule has 0 heterocycles. The van der Waals surface area contributed by atoms with Crippen LogP contribution in [0.2, 0.25) is 0 Å². The standard InChI is InChI=1S/C41H54N3O8P/c1-4-51-53(48,52-5-2)39-23-31(20-21-37(39)49-26-29-14-8-6-9-15-29)22-36(43-28(3)45)41(47)44-35-19-13-12-18-32-24-38(34(40(42)46)25-33(32)35)50-27-30-16-10-7-11-17-30/h6,8-9,14-15,20-21,23-25,30,35-36H,4-5,7,10-13,16-19,22,26-27H2,1-3H3,(H2,42,46)(H,43,45)(H,44,47)/t35-,36-/m0/s1. The minimum atomic E-state index is -3.81. The van der Waals surface area contributed by atoms with Crippen LogP contribution in [0.1, 0.15) is 111 Å². The lowest BCUT2D eigenvalue weighted by atomic mass is 9.90. The smallest absolute Gasteiger partial charge is 0.365 e. The lowest BCUT2D eigenvalue weighted by Gasteiger charge is -2.26. The summed E-state index contributed by atoms with van der Waals surface area (Å²) in [5.41, 5.74) is 9.55. The Morgan fingerprint density at radius 3 is 2.25 bits per heavy atom. The van der Waals surface area contributed by atoms with E-state index in [1.807, 2.05) is 36.4 Å². The lowest BCUT2D eigenvalue weighted by Crippen LogP contribution is -2.48. The van der Waals surface area contributed by atoms with E-state index in [2.05, 4.69) is 10.6 Å². The zero-order valence-corrected chi connectivity index (χ0v) is 32.1. The molecule has 1 fully saturated rings. The lowest BCUT2D eigenvalue weighted by molar-refractivity contribution is -0.128. The fourth-order valence-corrected chi connectivity index (χ4v) is 9.03. The summed E-state index contributed by atoms with van der Waals surface area (Å²) in [6.07, 6.45) is 9.15. The van der Waals surface area contributed by atoms with E-state index in [1.165, 1.54) is 26.2 Å². The van der Waals surface area contributed by atoms with Gasteiger partial charge in [0.1, 0.15) is 29.5 Å². The van der Waals surface area contributed by atoms with Gasteiger partial charge in [0.05, 0.1) is 31.4 Å². The Bertz CT molecular complexity index is 1750. The fraction of sp³-hybridized carbons (Fsp3) is 0.488. The van der Waals surface area contributed by atoms with E-state index in [-0.39, 0.29) is 43.4 Å². The molecule has 0 saturated heterocycles. The van der Waals surface area contributed by atoms with E-state index in [0.717, 1.165) is 48.8 Å². The molecule has 11 nitrogen and oxygen atoms in total. The normalized spacial score (nSPS) is 16.8. The topological polar surface area (TPSA) is 155 Å². The highest BCUT2D eigenvalue weighted by Crippen LogP contribution is 2.49. The number of hydrogen-bond acceptors (Lipinski definition) is 8. The Morgan fingerprint density at radius 2 is 1.57 bits per heavy atom. The molecule has 12 heteroatoms. The number of amides is 3. The number of aryl methyl sites for hydroxylation is 1. The first-order valence-corrected chi connectivity index (χ1v) is 20.5. The number of ether oxygens (including phenoxy) is 2. The van der Waals surface area contributed by atoms with Gasteiger partial charge in [0.25, 0.3) is 5.91 Å². The molecule has 53 heavy (non-hydrogen) atoms. The maximum Gasteiger partial charge on any atom is 0.365 e. The number of rotatable bonds is 17. The second-order valence-corrected chi connectivity index (χ2v) is 15.9. The summed E-state index contributed by atoms with van der Waals surface area (Å²) in [6, 6.07) is 17.1. The van der Waals surface area contributed by atoms with Crippen LogP contribution in [0.3, 0.4) is 0 Å². The van der Waals surface area contributed by atoms with Crippen molar-refractivity contribution in [3.05, 3.63) is 88.5 Å². The van der Waals surface area contributed by atoms with Crippen LogP contribution in [0, 0.1) is 5.92 Å².